The first-order valence-corrected chi connectivity index (χ1v) is 4.91. The normalized spacial score (nSPS) is 12.8. The van der Waals surface area contributed by atoms with E-state index in [1.807, 2.05) is 0 Å². The number of allylic oxidation sites excluding steroid dienone is 1. The van der Waals surface area contributed by atoms with Crippen molar-refractivity contribution in [2.24, 2.45) is 0 Å². The van der Waals surface area contributed by atoms with E-state index in [1.165, 1.54) is 0 Å². The van der Waals surface area contributed by atoms with Gasteiger partial charge >= 0.3 is 5.38 Å². The van der Waals surface area contributed by atoms with Crippen molar-refractivity contribution < 1.29 is 18.3 Å². The minimum atomic E-state index is -3.86. The number of ketones is 1. The van der Waals surface area contributed by atoms with Crippen LogP contribution in [-0.4, -0.2) is 23.1 Å². The van der Waals surface area contributed by atoms with Gasteiger partial charge in [0.1, 0.15) is 0 Å². The van der Waals surface area contributed by atoms with Gasteiger partial charge in [-0.25, -0.2) is 0 Å². The summed E-state index contributed by atoms with van der Waals surface area (Å²) in [6.07, 6.45) is 0.980. The summed E-state index contributed by atoms with van der Waals surface area (Å²) < 4.78 is 29.3. The summed E-state index contributed by atoms with van der Waals surface area (Å²) in [6, 6.07) is 0. The first-order valence-electron chi connectivity index (χ1n) is 3.41. The number of rotatable bonds is 5. The molecule has 0 radical (unpaired) electrons. The van der Waals surface area contributed by atoms with Crippen LogP contribution in [0.4, 0.5) is 8.78 Å². The molecule has 76 valence electrons. The number of carbonyl (C=O) groups is 1. The average molecular weight is 277 g/mol. The third-order valence-corrected chi connectivity index (χ3v) is 1.86. The molecular formula is C7H8BrClF2O2. The predicted molar refractivity (Wildman–Crippen MR) is 49.3 cm³/mol. The van der Waals surface area contributed by atoms with Crippen molar-refractivity contribution in [2.75, 3.05) is 11.9 Å². The number of hydrogen-bond donors (Lipinski definition) is 0. The number of alkyl halides is 4. The summed E-state index contributed by atoms with van der Waals surface area (Å²) in [5.74, 6) is -1.44. The molecule has 0 aromatic heterocycles. The molecule has 0 spiro atoms. The topological polar surface area (TPSA) is 26.3 Å². The van der Waals surface area contributed by atoms with Gasteiger partial charge in [-0.2, -0.15) is 8.78 Å². The first-order chi connectivity index (χ1) is 5.93. The van der Waals surface area contributed by atoms with Crippen molar-refractivity contribution >= 4 is 33.3 Å². The number of halogens is 4. The third-order valence-electron chi connectivity index (χ3n) is 1.09. The minimum Gasteiger partial charge on any atom is -0.501 e. The molecule has 0 heterocycles. The minimum absolute atomic E-state index is 0.0197. The van der Waals surface area contributed by atoms with Crippen LogP contribution in [0.2, 0.25) is 0 Å². The fraction of sp³-hybridized carbons (Fsp3) is 0.571. The van der Waals surface area contributed by atoms with Gasteiger partial charge in [0.05, 0.1) is 12.9 Å². The second kappa shape index (κ2) is 5.54. The van der Waals surface area contributed by atoms with E-state index in [-0.39, 0.29) is 10.9 Å². The fourth-order valence-electron chi connectivity index (χ4n) is 0.512. The van der Waals surface area contributed by atoms with Gasteiger partial charge in [0.15, 0.2) is 0 Å². The van der Waals surface area contributed by atoms with Crippen LogP contribution in [0.25, 0.3) is 0 Å². The Kier molecular flexibility index (Phi) is 5.48. The van der Waals surface area contributed by atoms with E-state index in [0.29, 0.717) is 6.61 Å². The molecule has 6 heteroatoms. The molecule has 0 saturated heterocycles. The fourth-order valence-corrected chi connectivity index (χ4v) is 1.02. The summed E-state index contributed by atoms with van der Waals surface area (Å²) in [5.41, 5.74) is -0.193. The van der Waals surface area contributed by atoms with Gasteiger partial charge < -0.3 is 4.74 Å². The molecule has 0 rings (SSSR count). The van der Waals surface area contributed by atoms with Gasteiger partial charge in [0, 0.05) is 10.9 Å². The summed E-state index contributed by atoms with van der Waals surface area (Å²) >= 11 is 7.41. The SMILES string of the molecule is CCO/C=C(\CBr)C(=O)C(F)(F)Cl. The van der Waals surface area contributed by atoms with Crippen molar-refractivity contribution in [2.45, 2.75) is 12.3 Å². The summed E-state index contributed by atoms with van der Waals surface area (Å²) in [4.78, 5) is 10.8. The first kappa shape index (κ1) is 12.8. The van der Waals surface area contributed by atoms with Gasteiger partial charge in [-0.3, -0.25) is 4.79 Å². The Morgan fingerprint density at radius 2 is 2.23 bits per heavy atom. The molecule has 0 unspecified atom stereocenters. The van der Waals surface area contributed by atoms with Crippen LogP contribution in [0.3, 0.4) is 0 Å². The molecule has 0 N–H and O–H groups in total. The highest BCUT2D eigenvalue weighted by molar-refractivity contribution is 9.09. The number of hydrogen-bond acceptors (Lipinski definition) is 2. The van der Waals surface area contributed by atoms with E-state index in [0.717, 1.165) is 6.26 Å². The highest BCUT2D eigenvalue weighted by Crippen LogP contribution is 2.24. The van der Waals surface area contributed by atoms with Crippen molar-refractivity contribution in [1.29, 1.82) is 0 Å². The Morgan fingerprint density at radius 1 is 1.69 bits per heavy atom. The lowest BCUT2D eigenvalue weighted by Crippen LogP contribution is -2.24. The second-order valence-corrected chi connectivity index (χ2v) is 3.09. The molecule has 0 amide bonds. The van der Waals surface area contributed by atoms with Gasteiger partial charge in [-0.15, -0.1) is 0 Å². The highest BCUT2D eigenvalue weighted by atomic mass is 79.9. The van der Waals surface area contributed by atoms with E-state index in [2.05, 4.69) is 27.5 Å². The lowest BCUT2D eigenvalue weighted by molar-refractivity contribution is -0.129. The zero-order valence-corrected chi connectivity index (χ0v) is 9.16. The molecule has 0 aliphatic heterocycles. The Hall–Kier alpha value is -0.160. The van der Waals surface area contributed by atoms with Crippen LogP contribution >= 0.6 is 27.5 Å². The number of carbonyl (C=O) groups excluding carboxylic acids is 1. The summed E-state index contributed by atoms with van der Waals surface area (Å²) in [5, 5.41) is -3.88. The Balaban J connectivity index is 4.50. The maximum Gasteiger partial charge on any atom is 0.384 e. The van der Waals surface area contributed by atoms with Crippen LogP contribution in [0.5, 0.6) is 0 Å². The second-order valence-electron chi connectivity index (χ2n) is 2.06. The van der Waals surface area contributed by atoms with E-state index in [1.54, 1.807) is 6.92 Å². The zero-order valence-electron chi connectivity index (χ0n) is 6.82. The van der Waals surface area contributed by atoms with Crippen LogP contribution in [-0.2, 0) is 9.53 Å². The number of Topliss-reactive ketones (excluding diaryl/α,β-unsaturated/α-hetero) is 1. The Labute approximate surface area is 88.0 Å². The van der Waals surface area contributed by atoms with Gasteiger partial charge in [-0.05, 0) is 18.5 Å². The van der Waals surface area contributed by atoms with Gasteiger partial charge in [0.2, 0.25) is 5.78 Å². The molecule has 0 atom stereocenters. The molecule has 0 bridgehead atoms. The predicted octanol–water partition coefficient (Wildman–Crippen LogP) is 2.70. The van der Waals surface area contributed by atoms with Gasteiger partial charge in [0.25, 0.3) is 0 Å². The van der Waals surface area contributed by atoms with Crippen LogP contribution in [0, 0.1) is 0 Å². The largest absolute Gasteiger partial charge is 0.501 e. The lowest BCUT2D eigenvalue weighted by Gasteiger charge is -2.07. The van der Waals surface area contributed by atoms with Crippen molar-refractivity contribution in [3.8, 4) is 0 Å². The van der Waals surface area contributed by atoms with Gasteiger partial charge in [-0.1, -0.05) is 15.9 Å². The van der Waals surface area contributed by atoms with Crippen molar-refractivity contribution in [3.63, 3.8) is 0 Å². The highest BCUT2D eigenvalue weighted by Gasteiger charge is 2.37. The third kappa shape index (κ3) is 4.57. The number of ether oxygens (including phenoxy) is 1. The Bertz CT molecular complexity index is 213. The van der Waals surface area contributed by atoms with Crippen LogP contribution < -0.4 is 0 Å². The molecule has 0 aromatic rings. The molecule has 0 fully saturated rings. The smallest absolute Gasteiger partial charge is 0.384 e. The van der Waals surface area contributed by atoms with E-state index in [4.69, 9.17) is 4.74 Å². The molecule has 0 saturated carbocycles. The van der Waals surface area contributed by atoms with E-state index < -0.39 is 11.2 Å². The maximum atomic E-state index is 12.3. The van der Waals surface area contributed by atoms with Crippen LogP contribution in [0.1, 0.15) is 6.92 Å². The zero-order chi connectivity index (χ0) is 10.5. The molecule has 0 aliphatic rings. The van der Waals surface area contributed by atoms with E-state index >= 15 is 0 Å². The maximum absolute atomic E-state index is 12.3. The quantitative estimate of drug-likeness (QED) is 0.439. The van der Waals surface area contributed by atoms with Crippen molar-refractivity contribution in [3.05, 3.63) is 11.8 Å². The standard InChI is InChI=1S/C7H8BrClF2O2/c1-2-13-4-5(3-8)6(12)7(9,10)11/h4H,2-3H2,1H3/b5-4+. The summed E-state index contributed by atoms with van der Waals surface area (Å²) in [6.45, 7) is 1.98. The van der Waals surface area contributed by atoms with Crippen molar-refractivity contribution in [1.82, 2.24) is 0 Å². The molecule has 13 heavy (non-hydrogen) atoms. The van der Waals surface area contributed by atoms with Crippen LogP contribution in [0.15, 0.2) is 11.8 Å². The molecule has 2 nitrogen and oxygen atoms in total. The lowest BCUT2D eigenvalue weighted by atomic mass is 10.2. The molecular weight excluding hydrogens is 269 g/mol. The molecule has 0 aromatic carbocycles. The monoisotopic (exact) mass is 276 g/mol. The average Bonchev–Trinajstić information content (AvgIpc) is 2.04. The van der Waals surface area contributed by atoms with E-state index in [9.17, 15) is 13.6 Å². The molecule has 0 aliphatic carbocycles. The Morgan fingerprint density at radius 3 is 2.54 bits per heavy atom. The summed E-state index contributed by atoms with van der Waals surface area (Å²) in [7, 11) is 0.